The van der Waals surface area contributed by atoms with Crippen LogP contribution in [0.4, 0.5) is 13.9 Å². The smallest absolute Gasteiger partial charge is 0.280 e. The highest BCUT2D eigenvalue weighted by Crippen LogP contribution is 2.48. The third kappa shape index (κ3) is 2.87. The van der Waals surface area contributed by atoms with Crippen molar-refractivity contribution in [2.75, 3.05) is 25.6 Å². The number of thiazole rings is 1. The molecule has 0 atom stereocenters. The molecule has 0 bridgehead atoms. The van der Waals surface area contributed by atoms with Crippen LogP contribution >= 0.6 is 22.7 Å². The van der Waals surface area contributed by atoms with Crippen molar-refractivity contribution in [2.45, 2.75) is 25.2 Å². The number of anilines is 1. The standard InChI is InChI=1S/C18H16F2N4O2S2/c1-26-5-4-21-18-24-12-13-11(23-16(25)14(12)28-18)10-8(7-2-3-7)6-9(15(19)20)22-17(10)27-13/h6-7,15H,2-5H2,1H3,(H,21,24)(H,23,25). The first-order valence-electron chi connectivity index (χ1n) is 8.87. The van der Waals surface area contributed by atoms with E-state index in [1.165, 1.54) is 28.7 Å². The van der Waals surface area contributed by atoms with Crippen molar-refractivity contribution in [2.24, 2.45) is 0 Å². The molecule has 1 aliphatic carbocycles. The van der Waals surface area contributed by atoms with Crippen LogP contribution in [0, 0.1) is 0 Å². The van der Waals surface area contributed by atoms with E-state index in [1.54, 1.807) is 7.11 Å². The van der Waals surface area contributed by atoms with Crippen molar-refractivity contribution in [1.82, 2.24) is 15.0 Å². The molecular formula is C18H16F2N4O2S2. The van der Waals surface area contributed by atoms with E-state index in [1.807, 2.05) is 0 Å². The first-order chi connectivity index (χ1) is 13.6. The van der Waals surface area contributed by atoms with Gasteiger partial charge in [0.05, 0.1) is 16.8 Å². The van der Waals surface area contributed by atoms with Crippen LogP contribution in [-0.2, 0) is 4.74 Å². The predicted octanol–water partition coefficient (Wildman–Crippen LogP) is 4.62. The number of aromatic nitrogens is 3. The fourth-order valence-corrected chi connectivity index (χ4v) is 5.52. The molecule has 0 radical (unpaired) electrons. The SMILES string of the molecule is COCCNc1nc2c(s1)c(=O)[nH]c1c2sc2nc(C(F)F)cc(C3CC3)c21. The number of aromatic amines is 1. The topological polar surface area (TPSA) is 79.9 Å². The van der Waals surface area contributed by atoms with Crippen LogP contribution in [0.15, 0.2) is 10.9 Å². The fraction of sp³-hybridized carbons (Fsp3) is 0.389. The van der Waals surface area contributed by atoms with E-state index in [0.29, 0.717) is 38.8 Å². The van der Waals surface area contributed by atoms with Crippen LogP contribution in [-0.4, -0.2) is 35.2 Å². The number of rotatable bonds is 6. The molecule has 1 fully saturated rings. The quantitative estimate of drug-likeness (QED) is 0.443. The Morgan fingerprint density at radius 1 is 1.32 bits per heavy atom. The van der Waals surface area contributed by atoms with Gasteiger partial charge in [-0.2, -0.15) is 0 Å². The highest BCUT2D eigenvalue weighted by molar-refractivity contribution is 7.27. The van der Waals surface area contributed by atoms with Gasteiger partial charge in [0.15, 0.2) is 5.13 Å². The van der Waals surface area contributed by atoms with Gasteiger partial charge in [-0.1, -0.05) is 11.3 Å². The summed E-state index contributed by atoms with van der Waals surface area (Å²) in [7, 11) is 1.61. The molecule has 146 valence electrons. The Hall–Kier alpha value is -2.17. The summed E-state index contributed by atoms with van der Waals surface area (Å²) in [5.41, 5.74) is 1.67. The zero-order chi connectivity index (χ0) is 19.4. The summed E-state index contributed by atoms with van der Waals surface area (Å²) in [6.45, 7) is 1.10. The molecule has 6 nitrogen and oxygen atoms in total. The molecule has 0 aromatic carbocycles. The Bertz CT molecular complexity index is 1260. The molecule has 4 aromatic heterocycles. The van der Waals surface area contributed by atoms with Crippen molar-refractivity contribution in [1.29, 1.82) is 0 Å². The second-order valence-electron chi connectivity index (χ2n) is 6.77. The average molecular weight is 422 g/mol. The minimum Gasteiger partial charge on any atom is -0.383 e. The Labute approximate surface area is 165 Å². The van der Waals surface area contributed by atoms with Crippen LogP contribution in [0.5, 0.6) is 0 Å². The van der Waals surface area contributed by atoms with E-state index in [2.05, 4.69) is 20.3 Å². The van der Waals surface area contributed by atoms with Crippen LogP contribution in [0.25, 0.3) is 30.6 Å². The monoisotopic (exact) mass is 422 g/mol. The number of pyridine rings is 2. The lowest BCUT2D eigenvalue weighted by Crippen LogP contribution is -2.06. The molecule has 0 spiro atoms. The van der Waals surface area contributed by atoms with Crippen LogP contribution in [0.3, 0.4) is 0 Å². The molecule has 2 N–H and O–H groups in total. The molecule has 0 aliphatic heterocycles. The highest BCUT2D eigenvalue weighted by atomic mass is 32.1. The molecular weight excluding hydrogens is 406 g/mol. The first-order valence-corrected chi connectivity index (χ1v) is 10.5. The molecule has 28 heavy (non-hydrogen) atoms. The van der Waals surface area contributed by atoms with E-state index in [0.717, 1.165) is 28.5 Å². The Balaban J connectivity index is 1.77. The van der Waals surface area contributed by atoms with Gasteiger partial charge in [0.2, 0.25) is 0 Å². The normalized spacial score (nSPS) is 14.7. The van der Waals surface area contributed by atoms with Gasteiger partial charge in [-0.15, -0.1) is 11.3 Å². The maximum atomic E-state index is 13.3. The number of nitrogens with one attached hydrogen (secondary N) is 2. The van der Waals surface area contributed by atoms with Crippen LogP contribution < -0.4 is 10.9 Å². The van der Waals surface area contributed by atoms with E-state index in [-0.39, 0.29) is 17.2 Å². The zero-order valence-corrected chi connectivity index (χ0v) is 16.5. The van der Waals surface area contributed by atoms with E-state index in [4.69, 9.17) is 4.74 Å². The zero-order valence-electron chi connectivity index (χ0n) is 14.8. The van der Waals surface area contributed by atoms with Crippen molar-refractivity contribution in [3.8, 4) is 0 Å². The summed E-state index contributed by atoms with van der Waals surface area (Å²) in [5, 5.41) is 4.56. The number of thiophene rings is 1. The number of H-pyrrole nitrogens is 1. The fourth-order valence-electron chi connectivity index (χ4n) is 3.39. The van der Waals surface area contributed by atoms with Gasteiger partial charge in [0.1, 0.15) is 20.7 Å². The van der Waals surface area contributed by atoms with Crippen molar-refractivity contribution < 1.29 is 13.5 Å². The predicted molar refractivity (Wildman–Crippen MR) is 108 cm³/mol. The second kappa shape index (κ2) is 6.71. The lowest BCUT2D eigenvalue weighted by molar-refractivity contribution is 0.146. The number of fused-ring (bicyclic) bond motifs is 5. The molecule has 1 saturated carbocycles. The highest BCUT2D eigenvalue weighted by Gasteiger charge is 2.30. The van der Waals surface area contributed by atoms with Gasteiger partial charge in [-0.05, 0) is 30.4 Å². The maximum absolute atomic E-state index is 13.3. The van der Waals surface area contributed by atoms with Crippen molar-refractivity contribution >= 4 is 58.5 Å². The van der Waals surface area contributed by atoms with Gasteiger partial charge in [-0.3, -0.25) is 4.79 Å². The van der Waals surface area contributed by atoms with E-state index >= 15 is 0 Å². The Morgan fingerprint density at radius 2 is 2.14 bits per heavy atom. The third-order valence-electron chi connectivity index (χ3n) is 4.82. The van der Waals surface area contributed by atoms with Crippen molar-refractivity contribution in [3.63, 3.8) is 0 Å². The van der Waals surface area contributed by atoms with Crippen molar-refractivity contribution in [3.05, 3.63) is 27.7 Å². The van der Waals surface area contributed by atoms with E-state index in [9.17, 15) is 13.6 Å². The van der Waals surface area contributed by atoms with Gasteiger partial charge in [-0.25, -0.2) is 18.7 Å². The molecule has 4 heterocycles. The number of hydrogen-bond acceptors (Lipinski definition) is 7. The minimum atomic E-state index is -2.62. The summed E-state index contributed by atoms with van der Waals surface area (Å²) >= 11 is 2.58. The van der Waals surface area contributed by atoms with Gasteiger partial charge < -0.3 is 15.0 Å². The minimum absolute atomic E-state index is 0.209. The Morgan fingerprint density at radius 3 is 2.86 bits per heavy atom. The molecule has 0 amide bonds. The molecule has 5 rings (SSSR count). The molecule has 4 aromatic rings. The number of hydrogen-bond donors (Lipinski definition) is 2. The summed E-state index contributed by atoms with van der Waals surface area (Å²) < 4.78 is 33.0. The number of ether oxygens (including phenoxy) is 1. The van der Waals surface area contributed by atoms with Gasteiger partial charge in [0, 0.05) is 19.0 Å². The molecule has 0 saturated heterocycles. The first kappa shape index (κ1) is 17.9. The van der Waals surface area contributed by atoms with E-state index < -0.39 is 6.43 Å². The lowest BCUT2D eigenvalue weighted by Gasteiger charge is -2.05. The summed E-state index contributed by atoms with van der Waals surface area (Å²) in [4.78, 5) is 24.9. The largest absolute Gasteiger partial charge is 0.383 e. The van der Waals surface area contributed by atoms with Gasteiger partial charge >= 0.3 is 0 Å². The molecule has 1 aliphatic rings. The number of alkyl halides is 2. The lowest BCUT2D eigenvalue weighted by atomic mass is 10.1. The molecule has 10 heteroatoms. The summed E-state index contributed by atoms with van der Waals surface area (Å²) in [5.74, 6) is 0.252. The maximum Gasteiger partial charge on any atom is 0.280 e. The number of halogens is 2. The van der Waals surface area contributed by atoms with Crippen LogP contribution in [0.2, 0.25) is 0 Å². The number of nitrogens with zero attached hydrogens (tertiary/aromatic N) is 2. The second-order valence-corrected chi connectivity index (χ2v) is 8.77. The average Bonchev–Trinajstić information content (AvgIpc) is 3.32. The summed E-state index contributed by atoms with van der Waals surface area (Å²) in [6, 6.07) is 1.50. The Kier molecular flexibility index (Phi) is 4.29. The molecule has 0 unspecified atom stereocenters. The number of methoxy groups -OCH3 is 1. The van der Waals surface area contributed by atoms with Gasteiger partial charge in [0.25, 0.3) is 12.0 Å². The third-order valence-corrected chi connectivity index (χ3v) is 6.92. The summed E-state index contributed by atoms with van der Waals surface area (Å²) in [6.07, 6.45) is -0.687. The van der Waals surface area contributed by atoms with Crippen LogP contribution in [0.1, 0.15) is 36.4 Å².